The average Bonchev–Trinajstić information content (AvgIpc) is 2.49. The number of hydrogen-bond donors (Lipinski definition) is 0. The Morgan fingerprint density at radius 1 is 1.20 bits per heavy atom. The Labute approximate surface area is 119 Å². The van der Waals surface area contributed by atoms with Gasteiger partial charge in [-0.3, -0.25) is 9.59 Å². The second-order valence-corrected chi connectivity index (χ2v) is 4.49. The molecule has 0 spiro atoms. The molecule has 0 aliphatic carbocycles. The molecule has 0 saturated heterocycles. The van der Waals surface area contributed by atoms with Crippen LogP contribution in [0, 0.1) is 0 Å². The van der Waals surface area contributed by atoms with Gasteiger partial charge in [-0.25, -0.2) is 0 Å². The molecule has 20 heavy (non-hydrogen) atoms. The van der Waals surface area contributed by atoms with Gasteiger partial charge in [-0.2, -0.15) is 0 Å². The van der Waals surface area contributed by atoms with Gasteiger partial charge in [-0.1, -0.05) is 12.1 Å². The summed E-state index contributed by atoms with van der Waals surface area (Å²) in [5.74, 6) is 0.489. The summed E-state index contributed by atoms with van der Waals surface area (Å²) < 4.78 is 9.68. The molecule has 0 aliphatic rings. The number of carbonyl (C=O) groups is 2. The van der Waals surface area contributed by atoms with Crippen LogP contribution in [0.4, 0.5) is 0 Å². The fourth-order valence-electron chi connectivity index (χ4n) is 1.76. The van der Waals surface area contributed by atoms with E-state index < -0.39 is 0 Å². The maximum Gasteiger partial charge on any atom is 0.307 e. The van der Waals surface area contributed by atoms with Crippen molar-refractivity contribution >= 4 is 11.9 Å². The minimum atomic E-state index is -0.308. The Kier molecular flexibility index (Phi) is 6.56. The summed E-state index contributed by atoms with van der Waals surface area (Å²) in [5.41, 5.74) is 1.05. The van der Waals surface area contributed by atoms with Crippen molar-refractivity contribution in [1.29, 1.82) is 0 Å². The molecule has 0 radical (unpaired) electrons. The first-order chi connectivity index (χ1) is 9.56. The number of ether oxygens (including phenoxy) is 2. The lowest BCUT2D eigenvalue weighted by atomic mass is 10.1. The lowest BCUT2D eigenvalue weighted by Crippen LogP contribution is -2.29. The highest BCUT2D eigenvalue weighted by Crippen LogP contribution is 2.14. The molecule has 1 aromatic rings. The van der Waals surface area contributed by atoms with Crippen LogP contribution >= 0.6 is 0 Å². The molecule has 0 fully saturated rings. The molecule has 110 valence electrons. The second kappa shape index (κ2) is 8.19. The minimum absolute atomic E-state index is 0.0109. The van der Waals surface area contributed by atoms with Crippen LogP contribution in [-0.2, 0) is 20.7 Å². The average molecular weight is 279 g/mol. The van der Waals surface area contributed by atoms with E-state index >= 15 is 0 Å². The molecule has 1 amide bonds. The van der Waals surface area contributed by atoms with Crippen molar-refractivity contribution in [2.24, 2.45) is 0 Å². The molecule has 0 heterocycles. The van der Waals surface area contributed by atoms with Gasteiger partial charge in [0.15, 0.2) is 0 Å². The summed E-state index contributed by atoms with van der Waals surface area (Å²) in [4.78, 5) is 24.5. The fraction of sp³-hybridized carbons (Fsp3) is 0.467. The summed E-state index contributed by atoms with van der Waals surface area (Å²) in [6.45, 7) is 0.379. The summed E-state index contributed by atoms with van der Waals surface area (Å²) >= 11 is 0. The van der Waals surface area contributed by atoms with Crippen molar-refractivity contribution in [2.45, 2.75) is 19.3 Å². The first-order valence-electron chi connectivity index (χ1n) is 6.50. The highest BCUT2D eigenvalue weighted by molar-refractivity contribution is 5.77. The number of methoxy groups -OCH3 is 2. The molecule has 0 aliphatic heterocycles. The number of amides is 1. The SMILES string of the molecule is COC(=O)CCN(C)C(=O)CCc1cccc(OC)c1. The molecule has 0 N–H and O–H groups in total. The van der Waals surface area contributed by atoms with E-state index in [9.17, 15) is 9.59 Å². The summed E-state index contributed by atoms with van der Waals surface area (Å²) in [6, 6.07) is 7.65. The predicted octanol–water partition coefficient (Wildman–Crippen LogP) is 1.65. The third kappa shape index (κ3) is 5.30. The van der Waals surface area contributed by atoms with Crippen LogP contribution < -0.4 is 4.74 Å². The van der Waals surface area contributed by atoms with Crippen LogP contribution in [0.2, 0.25) is 0 Å². The number of benzene rings is 1. The summed E-state index contributed by atoms with van der Waals surface area (Å²) in [6.07, 6.45) is 1.28. The first-order valence-corrected chi connectivity index (χ1v) is 6.50. The van der Waals surface area contributed by atoms with Crippen molar-refractivity contribution in [3.05, 3.63) is 29.8 Å². The zero-order valence-corrected chi connectivity index (χ0v) is 12.2. The van der Waals surface area contributed by atoms with Crippen LogP contribution in [0.15, 0.2) is 24.3 Å². The first kappa shape index (κ1) is 16.0. The molecule has 5 nitrogen and oxygen atoms in total. The van der Waals surface area contributed by atoms with Gasteiger partial charge in [0.2, 0.25) is 5.91 Å². The maximum atomic E-state index is 11.9. The van der Waals surface area contributed by atoms with Gasteiger partial charge in [0, 0.05) is 20.0 Å². The number of nitrogens with zero attached hydrogens (tertiary/aromatic N) is 1. The van der Waals surface area contributed by atoms with Crippen LogP contribution in [0.1, 0.15) is 18.4 Å². The summed E-state index contributed by atoms with van der Waals surface area (Å²) in [7, 11) is 4.65. The minimum Gasteiger partial charge on any atom is -0.497 e. The van der Waals surface area contributed by atoms with Gasteiger partial charge in [-0.05, 0) is 24.1 Å². The molecule has 5 heteroatoms. The third-order valence-corrected chi connectivity index (χ3v) is 3.07. The van der Waals surface area contributed by atoms with E-state index in [0.29, 0.717) is 19.4 Å². The van der Waals surface area contributed by atoms with Gasteiger partial charge in [0.25, 0.3) is 0 Å². The summed E-state index contributed by atoms with van der Waals surface area (Å²) in [5, 5.41) is 0. The Hall–Kier alpha value is -2.04. The van der Waals surface area contributed by atoms with Gasteiger partial charge in [0.1, 0.15) is 5.75 Å². The smallest absolute Gasteiger partial charge is 0.307 e. The monoisotopic (exact) mass is 279 g/mol. The fourth-order valence-corrected chi connectivity index (χ4v) is 1.76. The van der Waals surface area contributed by atoms with Crippen molar-refractivity contribution in [2.75, 3.05) is 27.8 Å². The zero-order valence-electron chi connectivity index (χ0n) is 12.2. The van der Waals surface area contributed by atoms with E-state index in [0.717, 1.165) is 11.3 Å². The lowest BCUT2D eigenvalue weighted by molar-refractivity contribution is -0.141. The number of esters is 1. The highest BCUT2D eigenvalue weighted by Gasteiger charge is 2.11. The van der Waals surface area contributed by atoms with E-state index in [4.69, 9.17) is 4.74 Å². The van der Waals surface area contributed by atoms with Gasteiger partial charge >= 0.3 is 5.97 Å². The standard InChI is InChI=1S/C15H21NO4/c1-16(10-9-15(18)20-3)14(17)8-7-12-5-4-6-13(11-12)19-2/h4-6,11H,7-10H2,1-3H3. The number of carbonyl (C=O) groups excluding carboxylic acids is 2. The van der Waals surface area contributed by atoms with Crippen molar-refractivity contribution in [1.82, 2.24) is 4.90 Å². The van der Waals surface area contributed by atoms with Crippen molar-refractivity contribution < 1.29 is 19.1 Å². The lowest BCUT2D eigenvalue weighted by Gasteiger charge is -2.16. The number of hydrogen-bond acceptors (Lipinski definition) is 4. The molecule has 0 atom stereocenters. The van der Waals surface area contributed by atoms with Gasteiger partial charge < -0.3 is 14.4 Å². The third-order valence-electron chi connectivity index (χ3n) is 3.07. The Bertz CT molecular complexity index is 459. The van der Waals surface area contributed by atoms with Gasteiger partial charge in [-0.15, -0.1) is 0 Å². The van der Waals surface area contributed by atoms with Crippen LogP contribution in [0.25, 0.3) is 0 Å². The molecule has 1 rings (SSSR count). The predicted molar refractivity (Wildman–Crippen MR) is 75.6 cm³/mol. The Morgan fingerprint density at radius 2 is 1.95 bits per heavy atom. The van der Waals surface area contributed by atoms with E-state index in [1.54, 1.807) is 19.1 Å². The molecule has 0 bridgehead atoms. The van der Waals surface area contributed by atoms with E-state index in [2.05, 4.69) is 4.74 Å². The van der Waals surface area contributed by atoms with Crippen LogP contribution in [0.3, 0.4) is 0 Å². The number of aryl methyl sites for hydroxylation is 1. The van der Waals surface area contributed by atoms with E-state index in [1.807, 2.05) is 24.3 Å². The van der Waals surface area contributed by atoms with Gasteiger partial charge in [0.05, 0.1) is 20.6 Å². The maximum absolute atomic E-state index is 11.9. The topological polar surface area (TPSA) is 55.8 Å². The molecular formula is C15H21NO4. The number of rotatable bonds is 7. The van der Waals surface area contributed by atoms with Crippen molar-refractivity contribution in [3.8, 4) is 5.75 Å². The Morgan fingerprint density at radius 3 is 2.60 bits per heavy atom. The van der Waals surface area contributed by atoms with E-state index in [-0.39, 0.29) is 18.3 Å². The highest BCUT2D eigenvalue weighted by atomic mass is 16.5. The zero-order chi connectivity index (χ0) is 15.0. The Balaban J connectivity index is 2.40. The van der Waals surface area contributed by atoms with Crippen LogP contribution in [0.5, 0.6) is 5.75 Å². The molecule has 0 saturated carbocycles. The van der Waals surface area contributed by atoms with Crippen molar-refractivity contribution in [3.63, 3.8) is 0 Å². The molecule has 1 aromatic carbocycles. The molecule has 0 unspecified atom stereocenters. The largest absolute Gasteiger partial charge is 0.497 e. The van der Waals surface area contributed by atoms with Crippen LogP contribution in [-0.4, -0.2) is 44.6 Å². The quantitative estimate of drug-likeness (QED) is 0.712. The normalized spacial score (nSPS) is 9.95. The second-order valence-electron chi connectivity index (χ2n) is 4.49. The molecular weight excluding hydrogens is 258 g/mol. The molecule has 0 aromatic heterocycles. The van der Waals surface area contributed by atoms with E-state index in [1.165, 1.54) is 7.11 Å².